The molecule has 2 rings (SSSR count). The summed E-state index contributed by atoms with van der Waals surface area (Å²) in [4.78, 5) is 0. The van der Waals surface area contributed by atoms with Gasteiger partial charge in [-0.1, -0.05) is 0 Å². The summed E-state index contributed by atoms with van der Waals surface area (Å²) >= 11 is 0. The number of halogens is 2. The van der Waals surface area contributed by atoms with Gasteiger partial charge in [0, 0.05) is 27.4 Å². The maximum absolute atomic E-state index is 5.64. The molecule has 2 aliphatic rings. The van der Waals surface area contributed by atoms with Crippen LogP contribution in [0.1, 0.15) is 12.8 Å². The van der Waals surface area contributed by atoms with Gasteiger partial charge in [-0.05, 0) is 12.8 Å². The van der Waals surface area contributed by atoms with E-state index in [2.05, 4.69) is 0 Å². The van der Waals surface area contributed by atoms with Gasteiger partial charge in [-0.25, -0.2) is 0 Å². The minimum absolute atomic E-state index is 0. The number of methoxy groups -OCH3 is 2. The summed E-state index contributed by atoms with van der Waals surface area (Å²) < 4.78 is 20.4. The molecule has 0 bridgehead atoms. The summed E-state index contributed by atoms with van der Waals surface area (Å²) in [6.07, 6.45) is 2.27. The van der Waals surface area contributed by atoms with Gasteiger partial charge in [0.05, 0.1) is 37.5 Å². The van der Waals surface area contributed by atoms with Gasteiger partial charge < -0.3 is 30.4 Å². The Morgan fingerprint density at radius 2 is 1.15 bits per heavy atom. The van der Waals surface area contributed by atoms with Gasteiger partial charge in [0.2, 0.25) is 0 Å². The van der Waals surface area contributed by atoms with Crippen LogP contribution in [0.4, 0.5) is 0 Å². The average Bonchev–Trinajstić information content (AvgIpc) is 2.41. The van der Waals surface area contributed by atoms with E-state index in [1.54, 1.807) is 14.2 Å². The van der Waals surface area contributed by atoms with E-state index in [-0.39, 0.29) is 49.1 Å². The van der Waals surface area contributed by atoms with E-state index < -0.39 is 0 Å². The van der Waals surface area contributed by atoms with Crippen LogP contribution in [0.3, 0.4) is 0 Å². The van der Waals surface area contributed by atoms with Crippen LogP contribution in [0.5, 0.6) is 0 Å². The van der Waals surface area contributed by atoms with Crippen molar-refractivity contribution in [1.29, 1.82) is 0 Å². The zero-order valence-corrected chi connectivity index (χ0v) is 13.8. The van der Waals surface area contributed by atoms with E-state index in [0.717, 1.165) is 26.1 Å². The lowest BCUT2D eigenvalue weighted by Crippen LogP contribution is -2.44. The summed E-state index contributed by atoms with van der Waals surface area (Å²) in [5.74, 6) is 0. The second kappa shape index (κ2) is 13.0. The molecule has 0 aromatic rings. The second-order valence-corrected chi connectivity index (χ2v) is 4.60. The fraction of sp³-hybridized carbons (Fsp3) is 1.00. The highest BCUT2D eigenvalue weighted by Gasteiger charge is 2.21. The van der Waals surface area contributed by atoms with Crippen molar-refractivity contribution in [2.45, 2.75) is 37.1 Å². The van der Waals surface area contributed by atoms with E-state index in [9.17, 15) is 0 Å². The van der Waals surface area contributed by atoms with Crippen LogP contribution in [-0.4, -0.2) is 64.9 Å². The van der Waals surface area contributed by atoms with Crippen molar-refractivity contribution < 1.29 is 18.9 Å². The van der Waals surface area contributed by atoms with Crippen molar-refractivity contribution in [3.8, 4) is 0 Å². The SMILES string of the molecule is CO[C@@H]1CCOC[C@@H]1N.CO[C@H]1CCOC[C@H]1N.Cl.Cl. The van der Waals surface area contributed by atoms with Crippen LogP contribution in [0, 0.1) is 0 Å². The van der Waals surface area contributed by atoms with Crippen molar-refractivity contribution in [1.82, 2.24) is 0 Å². The summed E-state index contributed by atoms with van der Waals surface area (Å²) in [6.45, 7) is 2.84. The molecule has 6 nitrogen and oxygen atoms in total. The quantitative estimate of drug-likeness (QED) is 0.757. The normalized spacial score (nSPS) is 33.0. The number of nitrogens with two attached hydrogens (primary N) is 2. The third-order valence-corrected chi connectivity index (χ3v) is 3.27. The van der Waals surface area contributed by atoms with Gasteiger partial charge in [0.25, 0.3) is 0 Å². The van der Waals surface area contributed by atoms with Crippen molar-refractivity contribution in [2.24, 2.45) is 11.5 Å². The highest BCUT2D eigenvalue weighted by Crippen LogP contribution is 2.08. The van der Waals surface area contributed by atoms with Crippen LogP contribution in [-0.2, 0) is 18.9 Å². The van der Waals surface area contributed by atoms with E-state index in [4.69, 9.17) is 30.4 Å². The maximum Gasteiger partial charge on any atom is 0.0766 e. The molecule has 0 amide bonds. The number of hydrogen-bond acceptors (Lipinski definition) is 6. The van der Waals surface area contributed by atoms with Gasteiger partial charge >= 0.3 is 0 Å². The number of hydrogen-bond donors (Lipinski definition) is 2. The highest BCUT2D eigenvalue weighted by atomic mass is 35.5. The Kier molecular flexibility index (Phi) is 14.7. The van der Waals surface area contributed by atoms with Crippen LogP contribution in [0.2, 0.25) is 0 Å². The van der Waals surface area contributed by atoms with Gasteiger partial charge in [0.1, 0.15) is 0 Å². The molecule has 2 fully saturated rings. The molecule has 0 aromatic heterocycles. The third kappa shape index (κ3) is 7.95. The molecule has 0 radical (unpaired) electrons. The zero-order chi connectivity index (χ0) is 13.4. The highest BCUT2D eigenvalue weighted by molar-refractivity contribution is 5.85. The molecule has 2 heterocycles. The molecule has 4 N–H and O–H groups in total. The average molecular weight is 335 g/mol. The van der Waals surface area contributed by atoms with Gasteiger partial charge in [-0.3, -0.25) is 0 Å². The van der Waals surface area contributed by atoms with Gasteiger partial charge in [-0.2, -0.15) is 0 Å². The first kappa shape index (κ1) is 22.6. The Labute approximate surface area is 133 Å². The Morgan fingerprint density at radius 1 is 0.800 bits per heavy atom. The molecule has 0 spiro atoms. The molecular weight excluding hydrogens is 307 g/mol. The molecule has 0 unspecified atom stereocenters. The van der Waals surface area contributed by atoms with Gasteiger partial charge in [-0.15, -0.1) is 24.8 Å². The summed E-state index contributed by atoms with van der Waals surface area (Å²) in [5.41, 5.74) is 11.3. The first-order valence-corrected chi connectivity index (χ1v) is 6.41. The van der Waals surface area contributed by atoms with Crippen molar-refractivity contribution >= 4 is 24.8 Å². The molecule has 2 aliphatic heterocycles. The lowest BCUT2D eigenvalue weighted by Gasteiger charge is -2.26. The molecule has 8 heteroatoms. The molecule has 2 saturated heterocycles. The van der Waals surface area contributed by atoms with Gasteiger partial charge in [0.15, 0.2) is 0 Å². The molecule has 4 atom stereocenters. The van der Waals surface area contributed by atoms with E-state index >= 15 is 0 Å². The fourth-order valence-corrected chi connectivity index (χ4v) is 2.07. The third-order valence-electron chi connectivity index (χ3n) is 3.27. The first-order chi connectivity index (χ1) is 8.69. The van der Waals surface area contributed by atoms with Crippen molar-refractivity contribution in [3.63, 3.8) is 0 Å². The fourth-order valence-electron chi connectivity index (χ4n) is 2.07. The number of ether oxygens (including phenoxy) is 4. The molecule has 0 aliphatic carbocycles. The topological polar surface area (TPSA) is 89.0 Å². The summed E-state index contributed by atoms with van der Waals surface area (Å²) in [5, 5.41) is 0. The minimum atomic E-state index is 0. The standard InChI is InChI=1S/2C6H13NO2.2ClH/c2*1-8-6-2-3-9-4-5(6)7;;/h2*5-6H,2-4,7H2,1H3;2*1H/t2*5-,6+;;/m10../s1. The van der Waals surface area contributed by atoms with Crippen LogP contribution in [0.25, 0.3) is 0 Å². The first-order valence-electron chi connectivity index (χ1n) is 6.41. The smallest absolute Gasteiger partial charge is 0.0766 e. The Morgan fingerprint density at radius 3 is 1.35 bits per heavy atom. The molecular formula is C12H28Cl2N2O4. The predicted octanol–water partition coefficient (Wildman–Crippen LogP) is 0.342. The zero-order valence-electron chi connectivity index (χ0n) is 12.2. The lowest BCUT2D eigenvalue weighted by molar-refractivity contribution is -0.0259. The van der Waals surface area contributed by atoms with E-state index in [1.165, 1.54) is 0 Å². The summed E-state index contributed by atoms with van der Waals surface area (Å²) in [7, 11) is 3.38. The predicted molar refractivity (Wildman–Crippen MR) is 82.9 cm³/mol. The molecule has 0 saturated carbocycles. The van der Waals surface area contributed by atoms with Crippen LogP contribution in [0.15, 0.2) is 0 Å². The monoisotopic (exact) mass is 334 g/mol. The molecule has 20 heavy (non-hydrogen) atoms. The van der Waals surface area contributed by atoms with Crippen LogP contribution >= 0.6 is 24.8 Å². The van der Waals surface area contributed by atoms with Crippen LogP contribution < -0.4 is 11.5 Å². The minimum Gasteiger partial charge on any atom is -0.380 e. The second-order valence-electron chi connectivity index (χ2n) is 4.60. The lowest BCUT2D eigenvalue weighted by atomic mass is 10.1. The largest absolute Gasteiger partial charge is 0.380 e. The van der Waals surface area contributed by atoms with Crippen molar-refractivity contribution in [3.05, 3.63) is 0 Å². The molecule has 0 aromatic carbocycles. The summed E-state index contributed by atoms with van der Waals surface area (Å²) in [6, 6.07) is 0.146. The number of rotatable bonds is 2. The van der Waals surface area contributed by atoms with Crippen molar-refractivity contribution in [2.75, 3.05) is 40.6 Å². The Bertz CT molecular complexity index is 206. The Balaban J connectivity index is 0. The maximum atomic E-state index is 5.64. The van der Waals surface area contributed by atoms with E-state index in [0.29, 0.717) is 13.2 Å². The molecule has 124 valence electrons. The van der Waals surface area contributed by atoms with E-state index in [1.807, 2.05) is 0 Å². The Hall–Kier alpha value is 0.340.